The van der Waals surface area contributed by atoms with Crippen LogP contribution in [0.5, 0.6) is 5.75 Å². The van der Waals surface area contributed by atoms with Crippen LogP contribution in [0.2, 0.25) is 18.1 Å². The Morgan fingerprint density at radius 1 is 1.02 bits per heavy atom. The Hall–Kier alpha value is -2.97. The molecule has 3 N–H and O–H groups in total. The number of carbonyl (C=O) groups excluding carboxylic acids is 1. The number of benzene rings is 3. The Kier molecular flexibility index (Phi) is 10.9. The van der Waals surface area contributed by atoms with Crippen LogP contribution in [-0.4, -0.2) is 48.5 Å². The van der Waals surface area contributed by atoms with E-state index >= 15 is 0 Å². The molecule has 0 aromatic heterocycles. The Labute approximate surface area is 259 Å². The van der Waals surface area contributed by atoms with Crippen molar-refractivity contribution >= 4 is 14.2 Å². The maximum Gasteiger partial charge on any atom is 0.223 e. The lowest BCUT2D eigenvalue weighted by Crippen LogP contribution is -2.44. The highest BCUT2D eigenvalue weighted by Crippen LogP contribution is 2.40. The Morgan fingerprint density at radius 3 is 2.47 bits per heavy atom. The maximum atomic E-state index is 13.0. The van der Waals surface area contributed by atoms with Crippen LogP contribution < -0.4 is 5.32 Å². The smallest absolute Gasteiger partial charge is 0.223 e. The number of fused-ring (bicyclic) bond motifs is 1. The van der Waals surface area contributed by atoms with Gasteiger partial charge in [-0.15, -0.1) is 0 Å². The van der Waals surface area contributed by atoms with Crippen molar-refractivity contribution < 1.29 is 19.4 Å². The minimum Gasteiger partial charge on any atom is -0.508 e. The van der Waals surface area contributed by atoms with Gasteiger partial charge in [-0.3, -0.25) is 4.79 Å². The monoisotopic (exact) mass is 602 g/mol. The van der Waals surface area contributed by atoms with E-state index < -0.39 is 8.32 Å². The first-order valence-corrected chi connectivity index (χ1v) is 18.5. The first kappa shape index (κ1) is 32.9. The molecule has 0 spiro atoms. The number of carbonyl (C=O) groups is 1. The van der Waals surface area contributed by atoms with Gasteiger partial charge in [0.15, 0.2) is 8.32 Å². The van der Waals surface area contributed by atoms with Crippen LogP contribution in [-0.2, 0) is 41.6 Å². The third-order valence-corrected chi connectivity index (χ3v) is 13.7. The lowest BCUT2D eigenvalue weighted by Gasteiger charge is -2.40. The number of aliphatic hydroxyl groups is 1. The molecular weight excluding hydrogens is 552 g/mol. The molecule has 3 aromatic rings. The summed E-state index contributed by atoms with van der Waals surface area (Å²) in [6.45, 7) is 15.3. The average molecular weight is 603 g/mol. The number of hydrogen-bond acceptors (Lipinski definition) is 5. The number of nitrogens with zero attached hydrogens (tertiary/aromatic N) is 1. The molecule has 7 heteroatoms. The molecule has 232 valence electrons. The number of aliphatic hydroxyl groups excluding tert-OH is 1. The van der Waals surface area contributed by atoms with Crippen molar-refractivity contribution in [3.63, 3.8) is 0 Å². The fourth-order valence-corrected chi connectivity index (χ4v) is 6.74. The van der Waals surface area contributed by atoms with Gasteiger partial charge in [-0.25, -0.2) is 0 Å². The number of amides is 1. The minimum absolute atomic E-state index is 0.0495. The molecule has 0 bridgehead atoms. The van der Waals surface area contributed by atoms with E-state index in [-0.39, 0.29) is 35.4 Å². The molecule has 1 heterocycles. The summed E-state index contributed by atoms with van der Waals surface area (Å²) in [6.07, 6.45) is 2.85. The van der Waals surface area contributed by atoms with Gasteiger partial charge in [-0.2, -0.15) is 0 Å². The van der Waals surface area contributed by atoms with Gasteiger partial charge >= 0.3 is 0 Å². The van der Waals surface area contributed by atoms with E-state index in [0.717, 1.165) is 31.4 Å². The highest BCUT2D eigenvalue weighted by molar-refractivity contribution is 6.74. The van der Waals surface area contributed by atoms with E-state index in [1.54, 1.807) is 6.07 Å². The summed E-state index contributed by atoms with van der Waals surface area (Å²) in [5.41, 5.74) is 6.52. The molecule has 0 saturated heterocycles. The Balaban J connectivity index is 1.35. The molecule has 3 aromatic carbocycles. The number of nitrogens with one attached hydrogen (secondary N) is 1. The van der Waals surface area contributed by atoms with Crippen LogP contribution in [0.15, 0.2) is 66.7 Å². The van der Waals surface area contributed by atoms with Gasteiger partial charge in [0, 0.05) is 37.7 Å². The van der Waals surface area contributed by atoms with Crippen molar-refractivity contribution in [2.24, 2.45) is 0 Å². The van der Waals surface area contributed by atoms with Crippen molar-refractivity contribution in [1.82, 2.24) is 10.2 Å². The standard InChI is InChI=1S/C36H50N2O4Si/c1-26(37-23-34(42-43(5,6)36(2,3)4)30-15-16-33(40)32(22-30)25-39)20-28-11-9-10-27(21-28)14-17-35(41)38-19-18-29-12-7-8-13-31(29)24-38/h7-13,15-16,21-22,26,34,37,39-40H,14,17-20,23-25H2,1-6H3/t26-,34+/m1/s1. The summed E-state index contributed by atoms with van der Waals surface area (Å²) in [4.78, 5) is 15.0. The number of phenols is 1. The van der Waals surface area contributed by atoms with Gasteiger partial charge < -0.3 is 24.9 Å². The van der Waals surface area contributed by atoms with E-state index in [4.69, 9.17) is 4.43 Å². The molecule has 43 heavy (non-hydrogen) atoms. The minimum atomic E-state index is -2.09. The first-order chi connectivity index (χ1) is 20.4. The summed E-state index contributed by atoms with van der Waals surface area (Å²) < 4.78 is 6.85. The molecule has 1 aliphatic heterocycles. The fourth-order valence-electron chi connectivity index (χ4n) is 5.46. The zero-order valence-corrected chi connectivity index (χ0v) is 27.8. The highest BCUT2D eigenvalue weighted by Gasteiger charge is 2.39. The van der Waals surface area contributed by atoms with Crippen molar-refractivity contribution in [3.8, 4) is 5.75 Å². The number of aryl methyl sites for hydroxylation is 1. The summed E-state index contributed by atoms with van der Waals surface area (Å²) in [5.74, 6) is 0.322. The van der Waals surface area contributed by atoms with Crippen LogP contribution in [0.3, 0.4) is 0 Å². The summed E-state index contributed by atoms with van der Waals surface area (Å²) >= 11 is 0. The molecule has 0 fully saturated rings. The summed E-state index contributed by atoms with van der Waals surface area (Å²) in [6, 6.07) is 22.6. The second-order valence-corrected chi connectivity index (χ2v) is 18.3. The SMILES string of the molecule is C[C@H](Cc1cccc(CCC(=O)N2CCc3ccccc3C2)c1)NC[C@H](O[Si](C)(C)C(C)(C)C)c1ccc(O)c(CO)c1. The van der Waals surface area contributed by atoms with Crippen molar-refractivity contribution in [1.29, 1.82) is 0 Å². The largest absolute Gasteiger partial charge is 0.508 e. The topological polar surface area (TPSA) is 82.0 Å². The van der Waals surface area contributed by atoms with Gasteiger partial charge in [-0.1, -0.05) is 75.4 Å². The van der Waals surface area contributed by atoms with Gasteiger partial charge in [0.05, 0.1) is 12.7 Å². The molecule has 0 aliphatic carbocycles. The molecule has 6 nitrogen and oxygen atoms in total. The van der Waals surface area contributed by atoms with Crippen LogP contribution in [0.4, 0.5) is 0 Å². The molecule has 4 rings (SSSR count). The van der Waals surface area contributed by atoms with Crippen molar-refractivity contribution in [2.75, 3.05) is 13.1 Å². The third kappa shape index (κ3) is 8.79. The van der Waals surface area contributed by atoms with Crippen LogP contribution in [0.25, 0.3) is 0 Å². The predicted octanol–water partition coefficient (Wildman–Crippen LogP) is 6.69. The average Bonchev–Trinajstić information content (AvgIpc) is 2.97. The lowest BCUT2D eigenvalue weighted by atomic mass is 9.98. The zero-order chi connectivity index (χ0) is 31.2. The van der Waals surface area contributed by atoms with Gasteiger partial charge in [0.1, 0.15) is 5.75 Å². The van der Waals surface area contributed by atoms with Gasteiger partial charge in [-0.05, 0) is 84.3 Å². The Bertz CT molecular complexity index is 1380. The highest BCUT2D eigenvalue weighted by atomic mass is 28.4. The molecule has 0 unspecified atom stereocenters. The number of hydrogen-bond donors (Lipinski definition) is 3. The van der Waals surface area contributed by atoms with Crippen LogP contribution >= 0.6 is 0 Å². The van der Waals surface area contributed by atoms with Crippen molar-refractivity contribution in [3.05, 3.63) is 100 Å². The zero-order valence-electron chi connectivity index (χ0n) is 26.8. The summed E-state index contributed by atoms with van der Waals surface area (Å²) in [5, 5.41) is 23.6. The predicted molar refractivity (Wildman–Crippen MR) is 177 cm³/mol. The normalized spacial score (nSPS) is 15.2. The molecule has 1 aliphatic rings. The third-order valence-electron chi connectivity index (χ3n) is 9.18. The van der Waals surface area contributed by atoms with E-state index in [2.05, 4.69) is 94.6 Å². The van der Waals surface area contributed by atoms with E-state index in [1.165, 1.54) is 22.3 Å². The van der Waals surface area contributed by atoms with E-state index in [9.17, 15) is 15.0 Å². The summed E-state index contributed by atoms with van der Waals surface area (Å²) in [7, 11) is -2.09. The number of rotatable bonds is 12. The maximum absolute atomic E-state index is 13.0. The Morgan fingerprint density at radius 2 is 1.74 bits per heavy atom. The molecule has 0 saturated carbocycles. The second kappa shape index (κ2) is 14.2. The lowest BCUT2D eigenvalue weighted by molar-refractivity contribution is -0.132. The fraction of sp³-hybridized carbons (Fsp3) is 0.472. The molecular formula is C36H50N2O4Si. The quantitative estimate of drug-likeness (QED) is 0.201. The second-order valence-electron chi connectivity index (χ2n) is 13.6. The van der Waals surface area contributed by atoms with E-state index in [0.29, 0.717) is 25.1 Å². The van der Waals surface area contributed by atoms with Crippen molar-refractivity contribution in [2.45, 2.75) is 96.8 Å². The van der Waals surface area contributed by atoms with Crippen LogP contribution in [0, 0.1) is 0 Å². The molecule has 0 radical (unpaired) electrons. The van der Waals surface area contributed by atoms with E-state index in [1.807, 2.05) is 17.0 Å². The van der Waals surface area contributed by atoms with Gasteiger partial charge in [0.2, 0.25) is 5.91 Å². The van der Waals surface area contributed by atoms with Gasteiger partial charge in [0.25, 0.3) is 0 Å². The van der Waals surface area contributed by atoms with Crippen LogP contribution in [0.1, 0.15) is 73.6 Å². The number of aromatic hydroxyl groups is 1. The molecule has 1 amide bonds. The first-order valence-electron chi connectivity index (χ1n) is 15.6. The molecule has 2 atom stereocenters.